The summed E-state index contributed by atoms with van der Waals surface area (Å²) in [5, 5.41) is 5.60. The lowest BCUT2D eigenvalue weighted by molar-refractivity contribution is 0.0970. The van der Waals surface area contributed by atoms with Gasteiger partial charge in [0, 0.05) is 12.4 Å². The molecule has 0 saturated carbocycles. The number of hydrogen-bond acceptors (Lipinski definition) is 6. The highest BCUT2D eigenvalue weighted by atomic mass is 32.2. The molecule has 0 bridgehead atoms. The summed E-state index contributed by atoms with van der Waals surface area (Å²) in [6, 6.07) is 0. The molecule has 6 heteroatoms. The van der Waals surface area contributed by atoms with Gasteiger partial charge in [-0.15, -0.1) is 0 Å². The first kappa shape index (κ1) is 12.2. The van der Waals surface area contributed by atoms with E-state index < -0.39 is 0 Å². The minimum Gasteiger partial charge on any atom is -0.494 e. The number of aromatic nitrogens is 2. The molecule has 0 spiro atoms. The van der Waals surface area contributed by atoms with Crippen LogP contribution < -0.4 is 9.88 Å². The van der Waals surface area contributed by atoms with E-state index in [0.717, 1.165) is 0 Å². The fourth-order valence-corrected chi connectivity index (χ4v) is 1.53. The summed E-state index contributed by atoms with van der Waals surface area (Å²) in [5.41, 5.74) is 0. The molecule has 0 fully saturated rings. The second kappa shape index (κ2) is 5.89. The first-order valence-electron chi connectivity index (χ1n) is 4.47. The topological polar surface area (TPSA) is 70.3 Å². The molecule has 2 N–H and O–H groups in total. The molecule has 15 heavy (non-hydrogen) atoms. The first-order chi connectivity index (χ1) is 7.22. The van der Waals surface area contributed by atoms with Gasteiger partial charge in [0.1, 0.15) is 6.10 Å². The van der Waals surface area contributed by atoms with Gasteiger partial charge in [0.05, 0.1) is 19.5 Å². The Morgan fingerprint density at radius 1 is 1.33 bits per heavy atom. The number of ether oxygens (including phenoxy) is 2. The molecule has 2 atom stereocenters. The summed E-state index contributed by atoms with van der Waals surface area (Å²) in [7, 11) is 3.19. The van der Waals surface area contributed by atoms with Crippen molar-refractivity contribution >= 4 is 11.9 Å². The van der Waals surface area contributed by atoms with Crippen LogP contribution >= 0.6 is 11.9 Å². The second-order valence-electron chi connectivity index (χ2n) is 2.98. The highest BCUT2D eigenvalue weighted by molar-refractivity contribution is 7.97. The summed E-state index contributed by atoms with van der Waals surface area (Å²) < 4.78 is 10.3. The van der Waals surface area contributed by atoms with Crippen molar-refractivity contribution in [1.29, 1.82) is 0 Å². The van der Waals surface area contributed by atoms with E-state index in [4.69, 9.17) is 14.6 Å². The predicted molar refractivity (Wildman–Crippen MR) is 59.6 cm³/mol. The number of nitrogens with zero attached hydrogens (tertiary/aromatic N) is 2. The number of methoxy groups -OCH3 is 2. The molecule has 2 unspecified atom stereocenters. The van der Waals surface area contributed by atoms with Crippen LogP contribution in [-0.2, 0) is 4.74 Å². The maximum absolute atomic E-state index is 5.50. The number of rotatable bonds is 5. The van der Waals surface area contributed by atoms with E-state index in [9.17, 15) is 0 Å². The van der Waals surface area contributed by atoms with Crippen LogP contribution in [0.15, 0.2) is 12.4 Å². The van der Waals surface area contributed by atoms with E-state index in [-0.39, 0.29) is 11.4 Å². The van der Waals surface area contributed by atoms with Gasteiger partial charge in [-0.2, -0.15) is 0 Å². The average molecular weight is 229 g/mol. The molecule has 0 aliphatic heterocycles. The molecular formula is C9H15N3O2S. The van der Waals surface area contributed by atoms with Crippen molar-refractivity contribution in [1.82, 2.24) is 9.97 Å². The van der Waals surface area contributed by atoms with Gasteiger partial charge in [0.25, 0.3) is 0 Å². The van der Waals surface area contributed by atoms with E-state index in [1.807, 2.05) is 6.92 Å². The Hall–Kier alpha value is -0.850. The van der Waals surface area contributed by atoms with E-state index in [0.29, 0.717) is 11.6 Å². The maximum atomic E-state index is 5.50. The van der Waals surface area contributed by atoms with Gasteiger partial charge in [-0.1, -0.05) is 11.9 Å². The van der Waals surface area contributed by atoms with Crippen molar-refractivity contribution in [3.05, 3.63) is 18.2 Å². The summed E-state index contributed by atoms with van der Waals surface area (Å²) in [6.07, 6.45) is 3.02. The Labute approximate surface area is 93.5 Å². The number of nitrogens with two attached hydrogens (primary N) is 1. The normalized spacial score (nSPS) is 14.7. The Balaban J connectivity index is 2.83. The molecule has 1 heterocycles. The van der Waals surface area contributed by atoms with Gasteiger partial charge in [-0.05, 0) is 6.92 Å². The third-order valence-corrected chi connectivity index (χ3v) is 2.71. The first-order valence-corrected chi connectivity index (χ1v) is 5.41. The van der Waals surface area contributed by atoms with Gasteiger partial charge >= 0.3 is 0 Å². The van der Waals surface area contributed by atoms with Crippen LogP contribution in [0.5, 0.6) is 5.75 Å². The summed E-state index contributed by atoms with van der Waals surface area (Å²) in [6.45, 7) is 1.96. The Morgan fingerprint density at radius 3 is 2.33 bits per heavy atom. The lowest BCUT2D eigenvalue weighted by Gasteiger charge is -2.18. The quantitative estimate of drug-likeness (QED) is 0.764. The molecule has 5 nitrogen and oxygen atoms in total. The highest BCUT2D eigenvalue weighted by Gasteiger charge is 2.21. The van der Waals surface area contributed by atoms with Crippen LogP contribution in [0, 0.1) is 0 Å². The molecule has 1 aromatic heterocycles. The summed E-state index contributed by atoms with van der Waals surface area (Å²) >= 11 is 1.23. The summed E-state index contributed by atoms with van der Waals surface area (Å²) in [5.74, 6) is 1.24. The lowest BCUT2D eigenvalue weighted by Crippen LogP contribution is -2.18. The van der Waals surface area contributed by atoms with Gasteiger partial charge in [-0.25, -0.2) is 9.97 Å². The minimum atomic E-state index is -0.203. The van der Waals surface area contributed by atoms with Crippen molar-refractivity contribution in [3.8, 4) is 5.75 Å². The molecule has 0 aliphatic rings. The minimum absolute atomic E-state index is 0.100. The number of hydrogen-bond donors (Lipinski definition) is 1. The molecule has 0 radical (unpaired) electrons. The van der Waals surface area contributed by atoms with Crippen molar-refractivity contribution < 1.29 is 9.47 Å². The van der Waals surface area contributed by atoms with Crippen LogP contribution in [0.25, 0.3) is 0 Å². The second-order valence-corrected chi connectivity index (χ2v) is 3.99. The lowest BCUT2D eigenvalue weighted by atomic mass is 10.2. The Morgan fingerprint density at radius 2 is 1.93 bits per heavy atom. The Bertz CT molecular complexity index is 294. The Kier molecular flexibility index (Phi) is 4.80. The van der Waals surface area contributed by atoms with Crippen LogP contribution in [0.1, 0.15) is 18.9 Å². The van der Waals surface area contributed by atoms with E-state index in [1.54, 1.807) is 26.6 Å². The molecule has 0 saturated heterocycles. The monoisotopic (exact) mass is 229 g/mol. The van der Waals surface area contributed by atoms with Crippen molar-refractivity contribution in [3.63, 3.8) is 0 Å². The van der Waals surface area contributed by atoms with Gasteiger partial charge in [-0.3, -0.25) is 5.14 Å². The van der Waals surface area contributed by atoms with Gasteiger partial charge in [0.15, 0.2) is 11.6 Å². The smallest absolute Gasteiger partial charge is 0.158 e. The van der Waals surface area contributed by atoms with Crippen molar-refractivity contribution in [2.75, 3.05) is 14.2 Å². The predicted octanol–water partition coefficient (Wildman–Crippen LogP) is 1.17. The molecule has 1 rings (SSSR count). The van der Waals surface area contributed by atoms with Crippen LogP contribution in [0.3, 0.4) is 0 Å². The van der Waals surface area contributed by atoms with E-state index in [1.165, 1.54) is 11.9 Å². The van der Waals surface area contributed by atoms with Gasteiger partial charge < -0.3 is 9.47 Å². The van der Waals surface area contributed by atoms with Crippen LogP contribution in [0.2, 0.25) is 0 Å². The summed E-state index contributed by atoms with van der Waals surface area (Å²) in [4.78, 5) is 8.32. The van der Waals surface area contributed by atoms with Crippen LogP contribution in [0.4, 0.5) is 0 Å². The highest BCUT2D eigenvalue weighted by Crippen LogP contribution is 2.24. The molecule has 84 valence electrons. The molecule has 0 amide bonds. The molecule has 1 aromatic rings. The van der Waals surface area contributed by atoms with E-state index in [2.05, 4.69) is 9.97 Å². The zero-order valence-corrected chi connectivity index (χ0v) is 9.82. The average Bonchev–Trinajstić information content (AvgIpc) is 2.30. The standard InChI is InChI=1S/C9H15N3O2S/c1-6(15-10)8(14-3)9-11-4-7(13-2)5-12-9/h4-6,8H,10H2,1-3H3. The van der Waals surface area contributed by atoms with E-state index >= 15 is 0 Å². The molecule has 0 aromatic carbocycles. The maximum Gasteiger partial charge on any atom is 0.158 e. The largest absolute Gasteiger partial charge is 0.494 e. The van der Waals surface area contributed by atoms with Crippen molar-refractivity contribution in [2.45, 2.75) is 18.3 Å². The van der Waals surface area contributed by atoms with Gasteiger partial charge in [0.2, 0.25) is 0 Å². The third kappa shape index (κ3) is 3.05. The molecular weight excluding hydrogens is 214 g/mol. The fraction of sp³-hybridized carbons (Fsp3) is 0.556. The fourth-order valence-electron chi connectivity index (χ4n) is 1.16. The third-order valence-electron chi connectivity index (χ3n) is 2.03. The van der Waals surface area contributed by atoms with Crippen LogP contribution in [-0.4, -0.2) is 29.4 Å². The SMILES string of the molecule is COc1cnc(C(OC)C(C)SN)nc1. The zero-order valence-electron chi connectivity index (χ0n) is 9.01. The molecule has 0 aliphatic carbocycles. The zero-order chi connectivity index (χ0) is 11.3. The van der Waals surface area contributed by atoms with Crippen molar-refractivity contribution in [2.24, 2.45) is 5.14 Å².